The van der Waals surface area contributed by atoms with Crippen LogP contribution in [0.2, 0.25) is 0 Å². The van der Waals surface area contributed by atoms with E-state index in [9.17, 15) is 4.79 Å². The summed E-state index contributed by atoms with van der Waals surface area (Å²) in [6, 6.07) is 12.4. The number of ether oxygens (including phenoxy) is 1. The van der Waals surface area contributed by atoms with Crippen LogP contribution in [0.25, 0.3) is 10.9 Å². The molecule has 0 unspecified atom stereocenters. The predicted octanol–water partition coefficient (Wildman–Crippen LogP) is 3.33. The van der Waals surface area contributed by atoms with Crippen molar-refractivity contribution in [2.75, 3.05) is 0 Å². The van der Waals surface area contributed by atoms with Crippen LogP contribution < -0.4 is 10.2 Å². The first-order valence-electron chi connectivity index (χ1n) is 6.20. The van der Waals surface area contributed by atoms with Gasteiger partial charge in [-0.15, -0.1) is 35.7 Å². The summed E-state index contributed by atoms with van der Waals surface area (Å²) in [5.74, 6) is 0.401. The van der Waals surface area contributed by atoms with Crippen molar-refractivity contribution in [2.24, 2.45) is 0 Å². The van der Waals surface area contributed by atoms with Crippen LogP contribution >= 0.6 is 0 Å². The van der Waals surface area contributed by atoms with Gasteiger partial charge < -0.3 is 18.9 Å². The number of rotatable bonds is 1. The zero-order chi connectivity index (χ0) is 15.2. The smallest absolute Gasteiger partial charge is 0.150 e. The van der Waals surface area contributed by atoms with E-state index in [1.165, 1.54) is 17.9 Å². The van der Waals surface area contributed by atoms with Gasteiger partial charge in [0.25, 0.3) is 0 Å². The molecule has 0 atom stereocenters. The Morgan fingerprint density at radius 1 is 1.30 bits per heavy atom. The van der Waals surface area contributed by atoms with Crippen LogP contribution in [0.1, 0.15) is 11.3 Å². The zero-order valence-electron chi connectivity index (χ0n) is 12.6. The molecule has 3 rings (SSSR count). The van der Waals surface area contributed by atoms with Gasteiger partial charge in [-0.1, -0.05) is 17.8 Å². The van der Waals surface area contributed by atoms with Gasteiger partial charge in [-0.3, -0.25) is 0 Å². The third kappa shape index (κ3) is 6.58. The van der Waals surface area contributed by atoms with Gasteiger partial charge in [0.15, 0.2) is 0 Å². The van der Waals surface area contributed by atoms with E-state index in [2.05, 4.69) is 48.9 Å². The summed E-state index contributed by atoms with van der Waals surface area (Å²) in [5, 5.41) is 1.08. The summed E-state index contributed by atoms with van der Waals surface area (Å²) < 4.78 is 9.17. The van der Waals surface area contributed by atoms with Crippen molar-refractivity contribution in [1.82, 2.24) is 4.98 Å². The third-order valence-electron chi connectivity index (χ3n) is 2.69. The number of nitrogens with zero attached hydrogens (tertiary/aromatic N) is 1. The molecular weight excluding hydrogens is 539 g/mol. The largest absolute Gasteiger partial charge is 0.662 e. The number of pyridine rings is 1. The van der Waals surface area contributed by atoms with Gasteiger partial charge >= 0.3 is 0 Å². The van der Waals surface area contributed by atoms with E-state index in [4.69, 9.17) is 4.42 Å². The van der Waals surface area contributed by atoms with Gasteiger partial charge in [-0.2, -0.15) is 7.11 Å². The Morgan fingerprint density at radius 2 is 2.04 bits per heavy atom. The molecule has 4 nitrogen and oxygen atoms in total. The maximum atomic E-state index is 10.8. The fourth-order valence-corrected chi connectivity index (χ4v) is 1.66. The maximum absolute atomic E-state index is 10.8. The van der Waals surface area contributed by atoms with Crippen LogP contribution in [0.15, 0.2) is 52.0 Å². The number of benzene rings is 1. The van der Waals surface area contributed by atoms with E-state index in [1.807, 2.05) is 12.1 Å². The van der Waals surface area contributed by atoms with E-state index in [0.717, 1.165) is 10.9 Å². The van der Waals surface area contributed by atoms with Gasteiger partial charge in [-0.25, -0.2) is 6.92 Å². The number of fused-ring (bicyclic) bond motifs is 1. The van der Waals surface area contributed by atoms with Crippen LogP contribution in [0.5, 0.6) is 5.75 Å². The van der Waals surface area contributed by atoms with Crippen LogP contribution in [0.4, 0.5) is 0 Å². The predicted molar refractivity (Wildman–Crippen MR) is 80.7 cm³/mol. The standard InChI is InChI=1S/C10H8N.C7H6O3.W.Y/c1-8-4-5-9-3-2-6-11-10(9)7-8;1-5-3-6(8)7(9-2)4-10-5;;/h2,4-7H,1H3;3-4H,1-2H2;;/q-1;-2;;. The maximum Gasteiger partial charge on any atom is 0.150 e. The molecule has 0 saturated heterocycles. The molecule has 23 heavy (non-hydrogen) atoms. The molecule has 1 radical (unpaired) electrons. The van der Waals surface area contributed by atoms with Crippen molar-refractivity contribution in [3.8, 4) is 5.75 Å². The normalized spacial score (nSPS) is 8.96. The molecule has 0 N–H and O–H groups in total. The Kier molecular flexibility index (Phi) is 10.3. The van der Waals surface area contributed by atoms with Crippen molar-refractivity contribution < 1.29 is 62.9 Å². The van der Waals surface area contributed by atoms with Gasteiger partial charge in [0, 0.05) is 53.8 Å². The van der Waals surface area contributed by atoms with Crippen LogP contribution in [-0.2, 0) is 53.8 Å². The molecule has 0 bridgehead atoms. The molecule has 117 valence electrons. The summed E-state index contributed by atoms with van der Waals surface area (Å²) in [5.41, 5.74) is 1.99. The second-order valence-corrected chi connectivity index (χ2v) is 4.33. The molecule has 0 fully saturated rings. The average molecular weight is 553 g/mol. The van der Waals surface area contributed by atoms with E-state index < -0.39 is 0 Å². The van der Waals surface area contributed by atoms with E-state index >= 15 is 0 Å². The molecule has 0 spiro atoms. The van der Waals surface area contributed by atoms with Gasteiger partial charge in [0.05, 0.1) is 0 Å². The molecule has 1 aromatic carbocycles. The number of aromatic nitrogens is 1. The fourth-order valence-electron chi connectivity index (χ4n) is 1.66. The summed E-state index contributed by atoms with van der Waals surface area (Å²) >= 11 is 0. The molecular formula is C17H14NO3WY-3. The first-order valence-corrected chi connectivity index (χ1v) is 6.20. The van der Waals surface area contributed by atoms with Crippen molar-refractivity contribution in [1.29, 1.82) is 0 Å². The van der Waals surface area contributed by atoms with Crippen LogP contribution in [0.3, 0.4) is 0 Å². The molecule has 2 heterocycles. The number of aryl methyl sites for hydroxylation is 1. The molecule has 3 aromatic rings. The Balaban J connectivity index is 0.000000389. The van der Waals surface area contributed by atoms with Crippen molar-refractivity contribution in [2.45, 2.75) is 6.92 Å². The van der Waals surface area contributed by atoms with E-state index in [1.54, 1.807) is 6.20 Å². The summed E-state index contributed by atoms with van der Waals surface area (Å²) in [7, 11) is 3.07. The minimum atomic E-state index is -0.272. The zero-order valence-corrected chi connectivity index (χ0v) is 18.4. The summed E-state index contributed by atoms with van der Waals surface area (Å²) in [6.45, 7) is 5.48. The SMILES string of the molecule is Cc1ccc2[c-]ccnc2c1.[CH2-]Oc1coc([CH2-])cc1=O.[W].[Y]. The third-order valence-corrected chi connectivity index (χ3v) is 2.69. The molecule has 2 aromatic heterocycles. The quantitative estimate of drug-likeness (QED) is 0.435. The minimum absolute atomic E-state index is 0. The second kappa shape index (κ2) is 10.7. The first-order chi connectivity index (χ1) is 10.1. The van der Waals surface area contributed by atoms with E-state index in [0.29, 0.717) is 5.76 Å². The minimum Gasteiger partial charge on any atom is -0.662 e. The summed E-state index contributed by atoms with van der Waals surface area (Å²) in [4.78, 5) is 15.0. The van der Waals surface area contributed by atoms with E-state index in [-0.39, 0.29) is 65.0 Å². The topological polar surface area (TPSA) is 52.3 Å². The molecule has 0 amide bonds. The Bertz CT molecular complexity index is 805. The molecule has 0 aliphatic heterocycles. The average Bonchev–Trinajstić information content (AvgIpc) is 2.48. The van der Waals surface area contributed by atoms with Gasteiger partial charge in [0.1, 0.15) is 17.4 Å². The Morgan fingerprint density at radius 3 is 2.70 bits per heavy atom. The second-order valence-electron chi connectivity index (χ2n) is 4.33. The number of hydrogen-bond acceptors (Lipinski definition) is 4. The summed E-state index contributed by atoms with van der Waals surface area (Å²) in [6.07, 6.45) is 2.94. The van der Waals surface area contributed by atoms with Gasteiger partial charge in [0.2, 0.25) is 0 Å². The van der Waals surface area contributed by atoms with Crippen LogP contribution in [0, 0.1) is 27.0 Å². The Hall–Kier alpha value is -0.958. The van der Waals surface area contributed by atoms with Crippen molar-refractivity contribution in [3.63, 3.8) is 0 Å². The van der Waals surface area contributed by atoms with Crippen molar-refractivity contribution >= 4 is 10.9 Å². The van der Waals surface area contributed by atoms with Crippen LogP contribution in [-0.4, -0.2) is 4.98 Å². The van der Waals surface area contributed by atoms with Gasteiger partial charge in [-0.05, 0) is 18.2 Å². The first kappa shape index (κ1) is 22.0. The fraction of sp³-hybridized carbons (Fsp3) is 0.0588. The monoisotopic (exact) mass is 553 g/mol. The molecule has 0 aliphatic carbocycles. The Labute approximate surface area is 174 Å². The molecule has 0 aliphatic rings. The van der Waals surface area contributed by atoms with Crippen molar-refractivity contribution in [3.05, 3.63) is 84.4 Å². The number of hydrogen-bond donors (Lipinski definition) is 0. The molecule has 0 saturated carbocycles. The molecule has 6 heteroatoms.